The lowest BCUT2D eigenvalue weighted by Gasteiger charge is -2.30. The molecule has 1 aliphatic rings. The summed E-state index contributed by atoms with van der Waals surface area (Å²) in [6.07, 6.45) is 4.36. The number of nitrogens with zero attached hydrogens (tertiary/aromatic N) is 2. The van der Waals surface area contributed by atoms with Crippen molar-refractivity contribution in [1.29, 1.82) is 0 Å². The first-order chi connectivity index (χ1) is 7.62. The van der Waals surface area contributed by atoms with Crippen molar-refractivity contribution in [1.82, 2.24) is 10.2 Å². The molecule has 16 heavy (non-hydrogen) atoms. The van der Waals surface area contributed by atoms with Gasteiger partial charge in [0.2, 0.25) is 5.89 Å². The number of carboxylic acid groups (broad SMARTS) is 1. The molecular formula is C10H14N2O3S. The van der Waals surface area contributed by atoms with E-state index in [-0.39, 0.29) is 0 Å². The van der Waals surface area contributed by atoms with Crippen LogP contribution in [0.4, 0.5) is 0 Å². The number of hydrogen-bond donors (Lipinski definition) is 1. The van der Waals surface area contributed by atoms with Crippen molar-refractivity contribution in [3.05, 3.63) is 5.89 Å². The van der Waals surface area contributed by atoms with Crippen LogP contribution in [-0.4, -0.2) is 26.0 Å². The predicted molar refractivity (Wildman–Crippen MR) is 58.3 cm³/mol. The Balaban J connectivity index is 2.16. The maximum Gasteiger partial charge on any atom is 0.320 e. The molecule has 1 fully saturated rings. The molecule has 0 amide bonds. The highest BCUT2D eigenvalue weighted by Gasteiger charge is 2.42. The Labute approximate surface area is 97.6 Å². The first-order valence-electron chi connectivity index (χ1n) is 5.35. The van der Waals surface area contributed by atoms with Crippen molar-refractivity contribution in [3.8, 4) is 0 Å². The molecule has 6 heteroatoms. The molecule has 1 aromatic heterocycles. The lowest BCUT2D eigenvalue weighted by Crippen LogP contribution is -2.37. The molecule has 0 saturated heterocycles. The summed E-state index contributed by atoms with van der Waals surface area (Å²) in [6, 6.07) is 0. The van der Waals surface area contributed by atoms with Crippen LogP contribution >= 0.6 is 11.8 Å². The normalized spacial score (nSPS) is 19.6. The van der Waals surface area contributed by atoms with Crippen molar-refractivity contribution in [2.24, 2.45) is 0 Å². The van der Waals surface area contributed by atoms with E-state index in [1.807, 2.05) is 0 Å². The average Bonchev–Trinajstić information content (AvgIpc) is 2.65. The van der Waals surface area contributed by atoms with Gasteiger partial charge in [0.25, 0.3) is 5.22 Å². The topological polar surface area (TPSA) is 76.2 Å². The van der Waals surface area contributed by atoms with Crippen LogP contribution < -0.4 is 0 Å². The largest absolute Gasteiger partial charge is 0.480 e. The van der Waals surface area contributed by atoms with Crippen molar-refractivity contribution in [3.63, 3.8) is 0 Å². The molecule has 1 aromatic rings. The quantitative estimate of drug-likeness (QED) is 0.876. The molecule has 0 bridgehead atoms. The highest BCUT2D eigenvalue weighted by atomic mass is 32.2. The standard InChI is InChI=1S/C10H14N2O3S/c1-7-11-12-9(15-7)16-10(8(13)14)5-3-2-4-6-10/h2-6H2,1H3,(H,13,14). The summed E-state index contributed by atoms with van der Waals surface area (Å²) < 4.78 is 4.47. The highest BCUT2D eigenvalue weighted by Crippen LogP contribution is 2.43. The van der Waals surface area contributed by atoms with Gasteiger partial charge in [0.15, 0.2) is 0 Å². The molecule has 0 atom stereocenters. The van der Waals surface area contributed by atoms with Crippen LogP contribution in [0.1, 0.15) is 38.0 Å². The van der Waals surface area contributed by atoms with E-state index >= 15 is 0 Å². The van der Waals surface area contributed by atoms with Gasteiger partial charge in [-0.1, -0.05) is 19.3 Å². The van der Waals surface area contributed by atoms with Crippen molar-refractivity contribution >= 4 is 17.7 Å². The van der Waals surface area contributed by atoms with E-state index in [0.717, 1.165) is 19.3 Å². The lowest BCUT2D eigenvalue weighted by atomic mass is 9.88. The fraction of sp³-hybridized carbons (Fsp3) is 0.700. The number of aromatic nitrogens is 2. The SMILES string of the molecule is Cc1nnc(SC2(C(=O)O)CCCCC2)o1. The fourth-order valence-electron chi connectivity index (χ4n) is 1.97. The molecule has 0 unspecified atom stereocenters. The Kier molecular flexibility index (Phi) is 3.18. The molecule has 1 N–H and O–H groups in total. The monoisotopic (exact) mass is 242 g/mol. The van der Waals surface area contributed by atoms with Gasteiger partial charge in [0, 0.05) is 6.92 Å². The zero-order valence-electron chi connectivity index (χ0n) is 9.10. The smallest absolute Gasteiger partial charge is 0.320 e. The van der Waals surface area contributed by atoms with Crippen LogP contribution in [0.5, 0.6) is 0 Å². The predicted octanol–water partition coefficient (Wildman–Crippen LogP) is 2.26. The minimum atomic E-state index is -0.770. The van der Waals surface area contributed by atoms with E-state index in [1.165, 1.54) is 11.8 Å². The molecular weight excluding hydrogens is 228 g/mol. The summed E-state index contributed by atoms with van der Waals surface area (Å²) in [5, 5.41) is 17.3. The summed E-state index contributed by atoms with van der Waals surface area (Å²) >= 11 is 1.20. The Hall–Kier alpha value is -1.04. The van der Waals surface area contributed by atoms with Crippen LogP contribution in [-0.2, 0) is 4.79 Å². The lowest BCUT2D eigenvalue weighted by molar-refractivity contribution is -0.140. The molecule has 0 radical (unpaired) electrons. The number of carbonyl (C=O) groups is 1. The van der Waals surface area contributed by atoms with E-state index in [9.17, 15) is 9.90 Å². The van der Waals surface area contributed by atoms with Crippen molar-refractivity contribution in [2.75, 3.05) is 0 Å². The number of aliphatic carboxylic acids is 1. The Morgan fingerprint density at radius 1 is 1.38 bits per heavy atom. The third-order valence-corrected chi connectivity index (χ3v) is 4.15. The minimum Gasteiger partial charge on any atom is -0.480 e. The number of hydrogen-bond acceptors (Lipinski definition) is 5. The van der Waals surface area contributed by atoms with E-state index in [0.29, 0.717) is 24.0 Å². The second kappa shape index (κ2) is 4.45. The summed E-state index contributed by atoms with van der Waals surface area (Å²) in [7, 11) is 0. The van der Waals surface area contributed by atoms with Crippen LogP contribution in [0.2, 0.25) is 0 Å². The zero-order valence-corrected chi connectivity index (χ0v) is 9.92. The van der Waals surface area contributed by atoms with Crippen LogP contribution in [0.15, 0.2) is 9.64 Å². The van der Waals surface area contributed by atoms with E-state index in [1.54, 1.807) is 6.92 Å². The second-order valence-corrected chi connectivity index (χ2v) is 5.38. The first-order valence-corrected chi connectivity index (χ1v) is 6.17. The Bertz CT molecular complexity index is 385. The van der Waals surface area contributed by atoms with Gasteiger partial charge in [-0.3, -0.25) is 4.79 Å². The van der Waals surface area contributed by atoms with Gasteiger partial charge in [-0.2, -0.15) is 0 Å². The molecule has 0 aliphatic heterocycles. The zero-order chi connectivity index (χ0) is 11.6. The molecule has 2 rings (SSSR count). The van der Waals surface area contributed by atoms with Crippen molar-refractivity contribution in [2.45, 2.75) is 49.0 Å². The molecule has 5 nitrogen and oxygen atoms in total. The number of thioether (sulfide) groups is 1. The third-order valence-electron chi connectivity index (χ3n) is 2.84. The number of aryl methyl sites for hydroxylation is 1. The summed E-state index contributed by atoms with van der Waals surface area (Å²) in [4.78, 5) is 11.4. The van der Waals surface area contributed by atoms with Gasteiger partial charge in [-0.05, 0) is 24.6 Å². The van der Waals surface area contributed by atoms with Crippen LogP contribution in [0.25, 0.3) is 0 Å². The van der Waals surface area contributed by atoms with Gasteiger partial charge in [0.1, 0.15) is 4.75 Å². The van der Waals surface area contributed by atoms with E-state index in [2.05, 4.69) is 10.2 Å². The van der Waals surface area contributed by atoms with Gasteiger partial charge in [-0.25, -0.2) is 0 Å². The molecule has 88 valence electrons. The molecule has 1 heterocycles. The molecule has 0 aromatic carbocycles. The average molecular weight is 242 g/mol. The summed E-state index contributed by atoms with van der Waals surface area (Å²) in [5.41, 5.74) is 0. The highest BCUT2D eigenvalue weighted by molar-refractivity contribution is 8.01. The molecule has 0 spiro atoms. The number of rotatable bonds is 3. The van der Waals surface area contributed by atoms with Gasteiger partial charge in [0.05, 0.1) is 0 Å². The van der Waals surface area contributed by atoms with Crippen LogP contribution in [0.3, 0.4) is 0 Å². The maximum atomic E-state index is 11.4. The molecule has 1 saturated carbocycles. The Morgan fingerprint density at radius 3 is 2.56 bits per heavy atom. The van der Waals surface area contributed by atoms with Crippen LogP contribution in [0, 0.1) is 6.92 Å². The maximum absolute atomic E-state index is 11.4. The van der Waals surface area contributed by atoms with E-state index < -0.39 is 10.7 Å². The van der Waals surface area contributed by atoms with Gasteiger partial charge in [-0.15, -0.1) is 10.2 Å². The second-order valence-electron chi connectivity index (χ2n) is 4.05. The molecule has 1 aliphatic carbocycles. The van der Waals surface area contributed by atoms with Gasteiger partial charge >= 0.3 is 5.97 Å². The van der Waals surface area contributed by atoms with Crippen molar-refractivity contribution < 1.29 is 14.3 Å². The first kappa shape index (κ1) is 11.4. The third kappa shape index (κ3) is 2.21. The minimum absolute atomic E-state index is 0.363. The Morgan fingerprint density at radius 2 is 2.06 bits per heavy atom. The van der Waals surface area contributed by atoms with E-state index in [4.69, 9.17) is 4.42 Å². The fourth-order valence-corrected chi connectivity index (χ4v) is 3.13. The summed E-state index contributed by atoms with van der Waals surface area (Å²) in [5.74, 6) is -0.299. The number of carboxylic acids is 1. The van der Waals surface area contributed by atoms with Gasteiger partial charge < -0.3 is 9.52 Å². The summed E-state index contributed by atoms with van der Waals surface area (Å²) in [6.45, 7) is 1.70.